The second kappa shape index (κ2) is 10.00. The molecule has 0 saturated heterocycles. The molecular weight excluding hydrogens is 516 g/mol. The summed E-state index contributed by atoms with van der Waals surface area (Å²) < 4.78 is 6.41. The standard InChI is InChI=1S/C29H24N4O3S2/c1-17(34)25-26(19-7-5-9-21(15-19)36-2)38-27(31-25)20-13-12-18-8-6-14-33(23(18)16-20)29(35)32-28-30-22-10-3-4-11-24(22)37-28/h3-5,7,9-13,15-16H,6,8,14H2,1-2H3,(H,30,32,35). The molecule has 7 nitrogen and oxygen atoms in total. The van der Waals surface area contributed by atoms with Gasteiger partial charge in [0.15, 0.2) is 10.9 Å². The van der Waals surface area contributed by atoms with Crippen LogP contribution in [0.5, 0.6) is 5.75 Å². The Morgan fingerprint density at radius 3 is 2.66 bits per heavy atom. The van der Waals surface area contributed by atoms with E-state index in [1.165, 1.54) is 29.6 Å². The number of methoxy groups -OCH3 is 1. The summed E-state index contributed by atoms with van der Waals surface area (Å²) in [5, 5.41) is 4.29. The molecule has 5 aromatic rings. The number of urea groups is 1. The summed E-state index contributed by atoms with van der Waals surface area (Å²) >= 11 is 2.92. The topological polar surface area (TPSA) is 84.4 Å². The Kier molecular flexibility index (Phi) is 6.39. The molecule has 0 atom stereocenters. The van der Waals surface area contributed by atoms with Crippen molar-refractivity contribution in [2.45, 2.75) is 19.8 Å². The second-order valence-corrected chi connectivity index (χ2v) is 11.0. The van der Waals surface area contributed by atoms with Gasteiger partial charge in [0.25, 0.3) is 0 Å². The molecule has 0 fully saturated rings. The van der Waals surface area contributed by atoms with Crippen LogP contribution in [0.15, 0.2) is 66.7 Å². The summed E-state index contributed by atoms with van der Waals surface area (Å²) in [4.78, 5) is 37.7. The van der Waals surface area contributed by atoms with Gasteiger partial charge in [-0.15, -0.1) is 11.3 Å². The van der Waals surface area contributed by atoms with Crippen LogP contribution in [0.2, 0.25) is 0 Å². The summed E-state index contributed by atoms with van der Waals surface area (Å²) in [6, 6.07) is 21.3. The first kappa shape index (κ1) is 24.3. The van der Waals surface area contributed by atoms with Crippen molar-refractivity contribution < 1.29 is 14.3 Å². The van der Waals surface area contributed by atoms with E-state index in [1.807, 2.05) is 60.7 Å². The predicted molar refractivity (Wildman–Crippen MR) is 154 cm³/mol. The third-order valence-electron chi connectivity index (χ3n) is 6.50. The summed E-state index contributed by atoms with van der Waals surface area (Å²) in [6.07, 6.45) is 1.78. The molecular formula is C29H24N4O3S2. The lowest BCUT2D eigenvalue weighted by Gasteiger charge is -2.29. The van der Waals surface area contributed by atoms with Crippen LogP contribution in [-0.4, -0.2) is 35.4 Å². The molecule has 9 heteroatoms. The SMILES string of the molecule is COc1cccc(-c2sc(-c3ccc4c(c3)N(C(=O)Nc3nc5ccccc5s3)CCC4)nc2C(C)=O)c1. The van der Waals surface area contributed by atoms with Gasteiger partial charge in [-0.05, 0) is 54.3 Å². The molecule has 1 aliphatic rings. The third kappa shape index (κ3) is 4.55. The molecule has 6 rings (SSSR count). The monoisotopic (exact) mass is 540 g/mol. The Labute approximate surface area is 227 Å². The van der Waals surface area contributed by atoms with Crippen molar-refractivity contribution in [2.24, 2.45) is 0 Å². The molecule has 0 saturated carbocycles. The zero-order valence-corrected chi connectivity index (χ0v) is 22.5. The number of amides is 2. The number of ketones is 1. The molecule has 0 unspecified atom stereocenters. The molecule has 0 radical (unpaired) electrons. The smallest absolute Gasteiger partial charge is 0.328 e. The summed E-state index contributed by atoms with van der Waals surface area (Å²) in [5.41, 5.74) is 5.01. The van der Waals surface area contributed by atoms with Crippen LogP contribution in [-0.2, 0) is 6.42 Å². The minimum atomic E-state index is -0.206. The highest BCUT2D eigenvalue weighted by molar-refractivity contribution is 7.22. The number of benzene rings is 3. The number of thiazole rings is 2. The Morgan fingerprint density at radius 1 is 0.974 bits per heavy atom. The van der Waals surface area contributed by atoms with E-state index in [1.54, 1.807) is 12.0 Å². The molecule has 38 heavy (non-hydrogen) atoms. The van der Waals surface area contributed by atoms with E-state index in [9.17, 15) is 9.59 Å². The van der Waals surface area contributed by atoms with Crippen molar-refractivity contribution in [1.29, 1.82) is 0 Å². The van der Waals surface area contributed by atoms with Gasteiger partial charge < -0.3 is 4.74 Å². The van der Waals surface area contributed by atoms with Crippen molar-refractivity contribution in [2.75, 3.05) is 23.9 Å². The molecule has 1 aliphatic heterocycles. The van der Waals surface area contributed by atoms with Crippen molar-refractivity contribution in [3.05, 3.63) is 78.0 Å². The Bertz CT molecular complexity index is 1660. The molecule has 3 heterocycles. The van der Waals surface area contributed by atoms with Gasteiger partial charge in [-0.3, -0.25) is 15.0 Å². The van der Waals surface area contributed by atoms with Gasteiger partial charge in [-0.25, -0.2) is 14.8 Å². The van der Waals surface area contributed by atoms with Gasteiger partial charge in [-0.1, -0.05) is 47.7 Å². The number of anilines is 2. The molecule has 2 aromatic heterocycles. The van der Waals surface area contributed by atoms with E-state index in [0.29, 0.717) is 17.4 Å². The first-order chi connectivity index (χ1) is 18.5. The molecule has 0 bridgehead atoms. The fourth-order valence-corrected chi connectivity index (χ4v) is 6.61. The summed E-state index contributed by atoms with van der Waals surface area (Å²) in [6.45, 7) is 2.14. The number of aryl methyl sites for hydroxylation is 1. The first-order valence-electron chi connectivity index (χ1n) is 12.2. The molecule has 1 N–H and O–H groups in total. The Balaban J connectivity index is 1.34. The van der Waals surface area contributed by atoms with Gasteiger partial charge in [-0.2, -0.15) is 0 Å². The summed E-state index contributed by atoms with van der Waals surface area (Å²) in [7, 11) is 1.62. The first-order valence-corrected chi connectivity index (χ1v) is 13.9. The molecule has 190 valence electrons. The van der Waals surface area contributed by atoms with Crippen LogP contribution in [0.4, 0.5) is 15.6 Å². The highest BCUT2D eigenvalue weighted by Gasteiger charge is 2.25. The predicted octanol–water partition coefficient (Wildman–Crippen LogP) is 7.28. The van der Waals surface area contributed by atoms with E-state index in [4.69, 9.17) is 9.72 Å². The lowest BCUT2D eigenvalue weighted by atomic mass is 10.00. The van der Waals surface area contributed by atoms with Gasteiger partial charge in [0, 0.05) is 24.7 Å². The van der Waals surface area contributed by atoms with Crippen molar-refractivity contribution in [3.8, 4) is 26.8 Å². The van der Waals surface area contributed by atoms with Gasteiger partial charge in [0.1, 0.15) is 16.5 Å². The number of para-hydroxylation sites is 1. The van der Waals surface area contributed by atoms with Crippen LogP contribution in [0.1, 0.15) is 29.4 Å². The normalized spacial score (nSPS) is 12.8. The minimum Gasteiger partial charge on any atom is -0.497 e. The number of rotatable bonds is 5. The maximum absolute atomic E-state index is 13.4. The minimum absolute atomic E-state index is 0.0971. The molecule has 0 spiro atoms. The largest absolute Gasteiger partial charge is 0.497 e. The maximum Gasteiger partial charge on any atom is 0.328 e. The highest BCUT2D eigenvalue weighted by atomic mass is 32.1. The number of nitrogens with one attached hydrogen (secondary N) is 1. The van der Waals surface area contributed by atoms with E-state index in [0.717, 1.165) is 61.1 Å². The average molecular weight is 541 g/mol. The van der Waals surface area contributed by atoms with Gasteiger partial charge in [0.05, 0.1) is 22.2 Å². The van der Waals surface area contributed by atoms with E-state index in [-0.39, 0.29) is 11.8 Å². The lowest BCUT2D eigenvalue weighted by molar-refractivity contribution is 0.101. The number of fused-ring (bicyclic) bond motifs is 2. The number of hydrogen-bond donors (Lipinski definition) is 1. The van der Waals surface area contributed by atoms with E-state index in [2.05, 4.69) is 16.4 Å². The number of nitrogens with zero attached hydrogens (tertiary/aromatic N) is 3. The summed E-state index contributed by atoms with van der Waals surface area (Å²) in [5.74, 6) is 0.621. The van der Waals surface area contributed by atoms with Gasteiger partial charge >= 0.3 is 6.03 Å². The maximum atomic E-state index is 13.4. The number of Topliss-reactive ketones (excluding diaryl/α,β-unsaturated/α-hetero) is 1. The lowest BCUT2D eigenvalue weighted by Crippen LogP contribution is -2.38. The average Bonchev–Trinajstić information content (AvgIpc) is 3.57. The van der Waals surface area contributed by atoms with Gasteiger partial charge in [0.2, 0.25) is 0 Å². The van der Waals surface area contributed by atoms with Crippen molar-refractivity contribution >= 4 is 55.5 Å². The van der Waals surface area contributed by atoms with Crippen LogP contribution in [0.3, 0.4) is 0 Å². The number of ether oxygens (including phenoxy) is 1. The fourth-order valence-electron chi connectivity index (χ4n) is 4.65. The quantitative estimate of drug-likeness (QED) is 0.237. The zero-order chi connectivity index (χ0) is 26.2. The van der Waals surface area contributed by atoms with E-state index >= 15 is 0 Å². The molecule has 2 amide bonds. The van der Waals surface area contributed by atoms with Crippen molar-refractivity contribution in [3.63, 3.8) is 0 Å². The number of carbonyl (C=O) groups is 2. The third-order valence-corrected chi connectivity index (χ3v) is 8.60. The molecule has 0 aliphatic carbocycles. The highest BCUT2D eigenvalue weighted by Crippen LogP contribution is 2.39. The second-order valence-electron chi connectivity index (χ2n) is 9.00. The molecule has 3 aromatic carbocycles. The number of hydrogen-bond acceptors (Lipinski definition) is 7. The van der Waals surface area contributed by atoms with Crippen LogP contribution in [0, 0.1) is 0 Å². The van der Waals surface area contributed by atoms with Crippen molar-refractivity contribution in [1.82, 2.24) is 9.97 Å². The number of carbonyl (C=O) groups excluding carboxylic acids is 2. The van der Waals surface area contributed by atoms with Crippen LogP contribution in [0.25, 0.3) is 31.2 Å². The number of aromatic nitrogens is 2. The van der Waals surface area contributed by atoms with E-state index < -0.39 is 0 Å². The zero-order valence-electron chi connectivity index (χ0n) is 20.9. The Morgan fingerprint density at radius 2 is 1.84 bits per heavy atom. The van der Waals surface area contributed by atoms with Crippen LogP contribution >= 0.6 is 22.7 Å². The van der Waals surface area contributed by atoms with Crippen LogP contribution < -0.4 is 15.0 Å². The Hall–Kier alpha value is -4.08. The fraction of sp³-hybridized carbons (Fsp3) is 0.172.